The first kappa shape index (κ1) is 12.7. The van der Waals surface area contributed by atoms with Gasteiger partial charge in [0.1, 0.15) is 0 Å². The van der Waals surface area contributed by atoms with Crippen LogP contribution in [0.4, 0.5) is 0 Å². The van der Waals surface area contributed by atoms with Gasteiger partial charge in [-0.1, -0.05) is 60.7 Å². The molecule has 90 valence electrons. The van der Waals surface area contributed by atoms with Crippen molar-refractivity contribution < 1.29 is 4.79 Å². The third-order valence-electron chi connectivity index (χ3n) is 2.58. The average Bonchev–Trinajstić information content (AvgIpc) is 2.40. The lowest BCUT2D eigenvalue weighted by atomic mass is 10.1. The second-order valence-electron chi connectivity index (χ2n) is 4.03. The van der Waals surface area contributed by atoms with Crippen LogP contribution in [-0.4, -0.2) is 5.78 Å². The summed E-state index contributed by atoms with van der Waals surface area (Å²) in [6.45, 7) is 0. The second kappa shape index (κ2) is 6.22. The van der Waals surface area contributed by atoms with Crippen LogP contribution in [0.1, 0.15) is 15.9 Å². The minimum Gasteiger partial charge on any atom is -0.289 e. The van der Waals surface area contributed by atoms with Crippen molar-refractivity contribution in [2.75, 3.05) is 0 Å². The van der Waals surface area contributed by atoms with Crippen LogP contribution < -0.4 is 0 Å². The number of allylic oxidation sites excluding steroid dienone is 2. The third kappa shape index (κ3) is 3.60. The van der Waals surface area contributed by atoms with Gasteiger partial charge in [-0.2, -0.15) is 0 Å². The van der Waals surface area contributed by atoms with Gasteiger partial charge in [0.15, 0.2) is 5.78 Å². The Morgan fingerprint density at radius 3 is 2.11 bits per heavy atom. The Balaban J connectivity index is 2.07. The highest BCUT2D eigenvalue weighted by molar-refractivity contribution is 7.84. The fourth-order valence-electron chi connectivity index (χ4n) is 1.69. The molecule has 0 unspecified atom stereocenters. The lowest BCUT2D eigenvalue weighted by Crippen LogP contribution is -1.95. The van der Waals surface area contributed by atoms with Crippen molar-refractivity contribution in [2.45, 2.75) is 6.42 Å². The van der Waals surface area contributed by atoms with Crippen molar-refractivity contribution in [2.24, 2.45) is 0 Å². The highest BCUT2D eigenvalue weighted by Gasteiger charge is 2.02. The summed E-state index contributed by atoms with van der Waals surface area (Å²) in [7, 11) is 0. The molecule has 0 heterocycles. The van der Waals surface area contributed by atoms with E-state index in [-0.39, 0.29) is 5.78 Å². The SMILES string of the molecule is O=C(C=C(S)Cc1ccccc1)c1ccccc1. The number of carbonyl (C=O) groups excluding carboxylic acids is 1. The maximum absolute atomic E-state index is 11.9. The minimum atomic E-state index is -0.00321. The number of hydrogen-bond donors (Lipinski definition) is 1. The summed E-state index contributed by atoms with van der Waals surface area (Å²) >= 11 is 4.37. The van der Waals surface area contributed by atoms with Crippen LogP contribution >= 0.6 is 12.6 Å². The molecule has 0 aromatic heterocycles. The lowest BCUT2D eigenvalue weighted by molar-refractivity contribution is 0.104. The summed E-state index contributed by atoms with van der Waals surface area (Å²) in [5.74, 6) is -0.00321. The van der Waals surface area contributed by atoms with E-state index in [1.165, 1.54) is 0 Å². The van der Waals surface area contributed by atoms with Gasteiger partial charge in [-0.3, -0.25) is 4.79 Å². The molecule has 2 rings (SSSR count). The molecular weight excluding hydrogens is 240 g/mol. The van der Waals surface area contributed by atoms with E-state index >= 15 is 0 Å². The largest absolute Gasteiger partial charge is 0.289 e. The molecule has 0 aliphatic rings. The van der Waals surface area contributed by atoms with Crippen LogP contribution in [0.15, 0.2) is 71.6 Å². The molecule has 0 spiro atoms. The first-order valence-electron chi connectivity index (χ1n) is 5.78. The highest BCUT2D eigenvalue weighted by atomic mass is 32.1. The topological polar surface area (TPSA) is 17.1 Å². The molecule has 0 radical (unpaired) electrons. The van der Waals surface area contributed by atoms with E-state index in [0.717, 1.165) is 10.5 Å². The summed E-state index contributed by atoms with van der Waals surface area (Å²) in [6, 6.07) is 19.2. The smallest absolute Gasteiger partial charge is 0.186 e. The number of rotatable bonds is 4. The fraction of sp³-hybridized carbons (Fsp3) is 0.0625. The van der Waals surface area contributed by atoms with Gasteiger partial charge in [0.25, 0.3) is 0 Å². The standard InChI is InChI=1S/C16H14OS/c17-16(14-9-5-2-6-10-14)12-15(18)11-13-7-3-1-4-8-13/h1-10,12,18H,11H2. The predicted molar refractivity (Wildman–Crippen MR) is 78.0 cm³/mol. The van der Waals surface area contributed by atoms with Crippen LogP contribution in [0.25, 0.3) is 0 Å². The molecule has 2 heteroatoms. The normalized spacial score (nSPS) is 11.3. The van der Waals surface area contributed by atoms with Gasteiger partial charge in [-0.25, -0.2) is 0 Å². The van der Waals surface area contributed by atoms with Crippen molar-refractivity contribution >= 4 is 18.4 Å². The van der Waals surface area contributed by atoms with E-state index in [0.29, 0.717) is 12.0 Å². The summed E-state index contributed by atoms with van der Waals surface area (Å²) in [5.41, 5.74) is 1.84. The number of ketones is 1. The molecule has 0 saturated heterocycles. The molecule has 0 fully saturated rings. The molecule has 2 aromatic rings. The quantitative estimate of drug-likeness (QED) is 0.497. The Labute approximate surface area is 113 Å². The van der Waals surface area contributed by atoms with Gasteiger partial charge in [0.2, 0.25) is 0 Å². The molecule has 0 amide bonds. The summed E-state index contributed by atoms with van der Waals surface area (Å²) < 4.78 is 0. The Morgan fingerprint density at radius 1 is 0.944 bits per heavy atom. The van der Waals surface area contributed by atoms with Gasteiger partial charge in [-0.15, -0.1) is 12.6 Å². The maximum Gasteiger partial charge on any atom is 0.186 e. The molecule has 0 atom stereocenters. The first-order valence-corrected chi connectivity index (χ1v) is 6.23. The number of hydrogen-bond acceptors (Lipinski definition) is 2. The first-order chi connectivity index (χ1) is 8.75. The van der Waals surface area contributed by atoms with Crippen LogP contribution in [0, 0.1) is 0 Å². The van der Waals surface area contributed by atoms with E-state index in [2.05, 4.69) is 12.6 Å². The highest BCUT2D eigenvalue weighted by Crippen LogP contribution is 2.12. The van der Waals surface area contributed by atoms with Crippen molar-refractivity contribution in [1.82, 2.24) is 0 Å². The molecule has 0 saturated carbocycles. The maximum atomic E-state index is 11.9. The van der Waals surface area contributed by atoms with Gasteiger partial charge < -0.3 is 0 Å². The van der Waals surface area contributed by atoms with E-state index in [1.807, 2.05) is 60.7 Å². The summed E-state index contributed by atoms with van der Waals surface area (Å²) in [6.07, 6.45) is 2.27. The van der Waals surface area contributed by atoms with Crippen LogP contribution in [0.3, 0.4) is 0 Å². The monoisotopic (exact) mass is 254 g/mol. The van der Waals surface area contributed by atoms with Crippen molar-refractivity contribution in [3.05, 3.63) is 82.8 Å². The molecular formula is C16H14OS. The summed E-state index contributed by atoms with van der Waals surface area (Å²) in [4.78, 5) is 12.7. The van der Waals surface area contributed by atoms with Crippen molar-refractivity contribution in [1.29, 1.82) is 0 Å². The number of thiol groups is 1. The zero-order valence-corrected chi connectivity index (χ0v) is 10.8. The third-order valence-corrected chi connectivity index (χ3v) is 2.87. The fourth-order valence-corrected chi connectivity index (χ4v) is 1.99. The van der Waals surface area contributed by atoms with Gasteiger partial charge in [0, 0.05) is 12.0 Å². The van der Waals surface area contributed by atoms with Gasteiger partial charge in [-0.05, 0) is 16.5 Å². The zero-order chi connectivity index (χ0) is 12.8. The molecule has 0 bridgehead atoms. The molecule has 0 aliphatic carbocycles. The Bertz CT molecular complexity index is 544. The van der Waals surface area contributed by atoms with Gasteiger partial charge in [0.05, 0.1) is 0 Å². The number of benzene rings is 2. The van der Waals surface area contributed by atoms with E-state index in [9.17, 15) is 4.79 Å². The Morgan fingerprint density at radius 2 is 1.50 bits per heavy atom. The minimum absolute atomic E-state index is 0.00321. The lowest BCUT2D eigenvalue weighted by Gasteiger charge is -2.01. The number of carbonyl (C=O) groups is 1. The van der Waals surface area contributed by atoms with Crippen LogP contribution in [0.5, 0.6) is 0 Å². The molecule has 1 nitrogen and oxygen atoms in total. The van der Waals surface area contributed by atoms with Crippen LogP contribution in [0.2, 0.25) is 0 Å². The predicted octanol–water partition coefficient (Wildman–Crippen LogP) is 3.93. The molecule has 0 N–H and O–H groups in total. The summed E-state index contributed by atoms with van der Waals surface area (Å²) in [5, 5.41) is 0. The molecule has 2 aromatic carbocycles. The van der Waals surface area contributed by atoms with Crippen LogP contribution in [-0.2, 0) is 6.42 Å². The van der Waals surface area contributed by atoms with Crippen molar-refractivity contribution in [3.63, 3.8) is 0 Å². The Kier molecular flexibility index (Phi) is 4.37. The van der Waals surface area contributed by atoms with Gasteiger partial charge >= 0.3 is 0 Å². The average molecular weight is 254 g/mol. The zero-order valence-electron chi connectivity index (χ0n) is 9.91. The van der Waals surface area contributed by atoms with E-state index in [1.54, 1.807) is 6.08 Å². The van der Waals surface area contributed by atoms with E-state index in [4.69, 9.17) is 0 Å². The van der Waals surface area contributed by atoms with E-state index < -0.39 is 0 Å². The van der Waals surface area contributed by atoms with Crippen molar-refractivity contribution in [3.8, 4) is 0 Å². The molecule has 0 aliphatic heterocycles. The Hall–Kier alpha value is -1.80. The molecule has 18 heavy (non-hydrogen) atoms. The second-order valence-corrected chi connectivity index (χ2v) is 4.60.